The lowest BCUT2D eigenvalue weighted by Gasteiger charge is -2.33. The van der Waals surface area contributed by atoms with Crippen LogP contribution in [0.3, 0.4) is 0 Å². The van der Waals surface area contributed by atoms with Gasteiger partial charge >= 0.3 is 0 Å². The number of nitrogens with one attached hydrogen (secondary N) is 1. The van der Waals surface area contributed by atoms with Gasteiger partial charge in [0.2, 0.25) is 11.8 Å². The maximum Gasteiger partial charge on any atom is 0.240 e. The Hall–Kier alpha value is -1.47. The number of carbonyl (C=O) groups is 2. The fourth-order valence-electron chi connectivity index (χ4n) is 4.39. The fourth-order valence-corrected chi connectivity index (χ4v) is 4.93. The maximum atomic E-state index is 12.7. The number of thiazole rings is 1. The third-order valence-electron chi connectivity index (χ3n) is 6.05. The van der Waals surface area contributed by atoms with Crippen LogP contribution in [0.25, 0.3) is 0 Å². The minimum Gasteiger partial charge on any atom is -0.342 e. The molecular formula is C18H26N4O2S. The molecule has 3 aliphatic rings. The average molecular weight is 362 g/mol. The predicted octanol–water partition coefficient (Wildman–Crippen LogP) is 2.20. The zero-order valence-corrected chi connectivity index (χ0v) is 15.4. The molecule has 136 valence electrons. The maximum absolute atomic E-state index is 12.7. The Balaban J connectivity index is 1.23. The van der Waals surface area contributed by atoms with Gasteiger partial charge in [-0.1, -0.05) is 0 Å². The van der Waals surface area contributed by atoms with E-state index in [9.17, 15) is 9.59 Å². The van der Waals surface area contributed by atoms with Crippen molar-refractivity contribution < 1.29 is 9.59 Å². The van der Waals surface area contributed by atoms with Crippen LogP contribution in [0.1, 0.15) is 38.5 Å². The summed E-state index contributed by atoms with van der Waals surface area (Å²) < 4.78 is 0. The Labute approximate surface area is 152 Å². The second-order valence-corrected chi connectivity index (χ2v) is 8.56. The monoisotopic (exact) mass is 362 g/mol. The number of aromatic nitrogens is 1. The minimum atomic E-state index is 0.00244. The summed E-state index contributed by atoms with van der Waals surface area (Å²) >= 11 is 1.44. The standard InChI is InChI=1S/C18H26N4O2S/c23-15(20-17-19-6-11-25-17)13-21-9-4-18(5-10-21)12-14(18)16(24)22-7-2-1-3-8-22/h6,11,14H,1-5,7-10,12-13H2,(H,19,20,23)/t14-/m1/s1. The first-order chi connectivity index (χ1) is 12.2. The Morgan fingerprint density at radius 2 is 1.96 bits per heavy atom. The molecule has 1 aliphatic carbocycles. The normalized spacial score (nSPS) is 25.8. The molecular weight excluding hydrogens is 336 g/mol. The molecule has 4 rings (SSSR count). The molecule has 0 bridgehead atoms. The first-order valence-electron chi connectivity index (χ1n) is 9.37. The van der Waals surface area contributed by atoms with Gasteiger partial charge < -0.3 is 10.2 Å². The minimum absolute atomic E-state index is 0.00244. The van der Waals surface area contributed by atoms with Crippen LogP contribution in [-0.4, -0.2) is 59.3 Å². The summed E-state index contributed by atoms with van der Waals surface area (Å²) in [6.45, 7) is 4.15. The molecule has 6 nitrogen and oxygen atoms in total. The molecule has 25 heavy (non-hydrogen) atoms. The van der Waals surface area contributed by atoms with E-state index in [1.165, 1.54) is 17.8 Å². The number of nitrogens with zero attached hydrogens (tertiary/aromatic N) is 3. The zero-order valence-electron chi connectivity index (χ0n) is 14.6. The molecule has 7 heteroatoms. The van der Waals surface area contributed by atoms with Crippen LogP contribution >= 0.6 is 11.3 Å². The highest BCUT2D eigenvalue weighted by molar-refractivity contribution is 7.13. The Morgan fingerprint density at radius 3 is 2.64 bits per heavy atom. The lowest BCUT2D eigenvalue weighted by molar-refractivity contribution is -0.134. The van der Waals surface area contributed by atoms with E-state index in [0.29, 0.717) is 17.6 Å². The Morgan fingerprint density at radius 1 is 1.20 bits per heavy atom. The molecule has 3 heterocycles. The third kappa shape index (κ3) is 3.72. The number of rotatable bonds is 4. The van der Waals surface area contributed by atoms with E-state index < -0.39 is 0 Å². The smallest absolute Gasteiger partial charge is 0.240 e. The first-order valence-corrected chi connectivity index (χ1v) is 10.2. The van der Waals surface area contributed by atoms with E-state index >= 15 is 0 Å². The number of hydrogen-bond donors (Lipinski definition) is 1. The van der Waals surface area contributed by atoms with Gasteiger partial charge in [-0.15, -0.1) is 11.3 Å². The molecule has 0 radical (unpaired) electrons. The van der Waals surface area contributed by atoms with E-state index in [1.807, 2.05) is 5.38 Å². The summed E-state index contributed by atoms with van der Waals surface area (Å²) in [5.74, 6) is 0.647. The van der Waals surface area contributed by atoms with Gasteiger partial charge in [-0.3, -0.25) is 14.5 Å². The molecule has 2 aliphatic heterocycles. The summed E-state index contributed by atoms with van der Waals surface area (Å²) in [4.78, 5) is 33.2. The summed E-state index contributed by atoms with van der Waals surface area (Å²) in [5.41, 5.74) is 0.233. The third-order valence-corrected chi connectivity index (χ3v) is 6.74. The van der Waals surface area contributed by atoms with E-state index in [1.54, 1.807) is 6.20 Å². The molecule has 0 aromatic carbocycles. The molecule has 2 amide bonds. The van der Waals surface area contributed by atoms with Crippen molar-refractivity contribution >= 4 is 28.3 Å². The van der Waals surface area contributed by atoms with Crippen molar-refractivity contribution in [2.24, 2.45) is 11.3 Å². The quantitative estimate of drug-likeness (QED) is 0.892. The van der Waals surface area contributed by atoms with Gasteiger partial charge in [-0.25, -0.2) is 4.98 Å². The van der Waals surface area contributed by atoms with E-state index in [2.05, 4.69) is 20.1 Å². The second-order valence-electron chi connectivity index (χ2n) is 7.67. The van der Waals surface area contributed by atoms with E-state index in [4.69, 9.17) is 0 Å². The van der Waals surface area contributed by atoms with Gasteiger partial charge in [0.25, 0.3) is 0 Å². The molecule has 1 N–H and O–H groups in total. The molecule has 1 spiro atoms. The lowest BCUT2D eigenvalue weighted by atomic mass is 9.90. The van der Waals surface area contributed by atoms with Gasteiger partial charge in [0.15, 0.2) is 5.13 Å². The molecule has 1 aromatic heterocycles. The molecule has 2 saturated heterocycles. The van der Waals surface area contributed by atoms with Gasteiger partial charge in [0, 0.05) is 30.6 Å². The highest BCUT2D eigenvalue weighted by Crippen LogP contribution is 2.60. The lowest BCUT2D eigenvalue weighted by Crippen LogP contribution is -2.42. The molecule has 1 aromatic rings. The van der Waals surface area contributed by atoms with E-state index in [-0.39, 0.29) is 17.2 Å². The molecule has 1 saturated carbocycles. The van der Waals surface area contributed by atoms with Crippen molar-refractivity contribution in [1.82, 2.24) is 14.8 Å². The van der Waals surface area contributed by atoms with Crippen molar-refractivity contribution in [2.75, 3.05) is 38.0 Å². The fraction of sp³-hybridized carbons (Fsp3) is 0.722. The van der Waals surface area contributed by atoms with Gasteiger partial charge in [0.1, 0.15) is 0 Å². The van der Waals surface area contributed by atoms with Gasteiger partial charge in [0.05, 0.1) is 6.54 Å². The molecule has 0 unspecified atom stereocenters. The van der Waals surface area contributed by atoms with Crippen molar-refractivity contribution in [3.63, 3.8) is 0 Å². The Bertz CT molecular complexity index is 619. The van der Waals surface area contributed by atoms with E-state index in [0.717, 1.165) is 58.3 Å². The summed E-state index contributed by atoms with van der Waals surface area (Å²) in [5, 5.41) is 5.36. The summed E-state index contributed by atoms with van der Waals surface area (Å²) in [6.07, 6.45) is 8.42. The summed E-state index contributed by atoms with van der Waals surface area (Å²) in [7, 11) is 0. The van der Waals surface area contributed by atoms with Gasteiger partial charge in [-0.2, -0.15) is 0 Å². The second kappa shape index (κ2) is 7.03. The highest BCUT2D eigenvalue weighted by atomic mass is 32.1. The number of piperidine rings is 2. The van der Waals surface area contributed by atoms with Crippen LogP contribution in [0, 0.1) is 11.3 Å². The molecule has 3 fully saturated rings. The number of anilines is 1. The largest absolute Gasteiger partial charge is 0.342 e. The van der Waals surface area contributed by atoms with Crippen molar-refractivity contribution in [3.05, 3.63) is 11.6 Å². The highest BCUT2D eigenvalue weighted by Gasteiger charge is 2.59. The van der Waals surface area contributed by atoms with Crippen LogP contribution < -0.4 is 5.32 Å². The van der Waals surface area contributed by atoms with Crippen LogP contribution in [0.5, 0.6) is 0 Å². The number of amides is 2. The number of hydrogen-bond acceptors (Lipinski definition) is 5. The topological polar surface area (TPSA) is 65.5 Å². The summed E-state index contributed by atoms with van der Waals surface area (Å²) in [6, 6.07) is 0. The van der Waals surface area contributed by atoms with Crippen LogP contribution in [0.4, 0.5) is 5.13 Å². The SMILES string of the molecule is O=C(CN1CCC2(CC1)C[C@@H]2C(=O)N1CCCCC1)Nc1nccs1. The van der Waals surface area contributed by atoms with Crippen LogP contribution in [0.15, 0.2) is 11.6 Å². The van der Waals surface area contributed by atoms with Crippen LogP contribution in [0.2, 0.25) is 0 Å². The van der Waals surface area contributed by atoms with Crippen molar-refractivity contribution in [3.8, 4) is 0 Å². The first kappa shape index (κ1) is 17.0. The van der Waals surface area contributed by atoms with Crippen molar-refractivity contribution in [1.29, 1.82) is 0 Å². The predicted molar refractivity (Wildman–Crippen MR) is 97.4 cm³/mol. The average Bonchev–Trinajstić information content (AvgIpc) is 3.07. The number of likely N-dealkylation sites (tertiary alicyclic amines) is 2. The molecule has 1 atom stereocenters. The zero-order chi connectivity index (χ0) is 17.3. The Kier molecular flexibility index (Phi) is 4.78. The number of carbonyl (C=O) groups excluding carboxylic acids is 2. The van der Waals surface area contributed by atoms with Crippen LogP contribution in [-0.2, 0) is 9.59 Å². The van der Waals surface area contributed by atoms with Gasteiger partial charge in [-0.05, 0) is 57.0 Å². The van der Waals surface area contributed by atoms with Crippen molar-refractivity contribution in [2.45, 2.75) is 38.5 Å².